The van der Waals surface area contributed by atoms with Gasteiger partial charge in [0.25, 0.3) is 0 Å². The van der Waals surface area contributed by atoms with Gasteiger partial charge in [-0.15, -0.1) is 0 Å². The summed E-state index contributed by atoms with van der Waals surface area (Å²) in [6.07, 6.45) is 0. The van der Waals surface area contributed by atoms with Crippen LogP contribution in [0, 0.1) is 0 Å². The van der Waals surface area contributed by atoms with Crippen LogP contribution in [0.5, 0.6) is 0 Å². The molecule has 2 aromatic rings. The summed E-state index contributed by atoms with van der Waals surface area (Å²) in [6, 6.07) is 12.4. The molecule has 21 heavy (non-hydrogen) atoms. The zero-order valence-corrected chi connectivity index (χ0v) is 13.4. The van der Waals surface area contributed by atoms with Crippen LogP contribution in [0.3, 0.4) is 0 Å². The number of halogens is 2. The topological polar surface area (TPSA) is 61.7 Å². The van der Waals surface area contributed by atoms with Gasteiger partial charge in [0.1, 0.15) is 0 Å². The SMILES string of the molecule is C/C(=N\Nc1ccc(Cl)c(C(=O)O)c1)c1ccc(Br)cc1. The number of aromatic carboxylic acids is 1. The fourth-order valence-corrected chi connectivity index (χ4v) is 2.13. The number of rotatable bonds is 4. The van der Waals surface area contributed by atoms with Crippen molar-refractivity contribution in [3.8, 4) is 0 Å². The molecule has 0 bridgehead atoms. The highest BCUT2D eigenvalue weighted by molar-refractivity contribution is 9.10. The largest absolute Gasteiger partial charge is 0.478 e. The van der Waals surface area contributed by atoms with Crippen LogP contribution in [0.4, 0.5) is 5.69 Å². The van der Waals surface area contributed by atoms with Crippen LogP contribution in [0.15, 0.2) is 52.0 Å². The van der Waals surface area contributed by atoms with Gasteiger partial charge in [0.2, 0.25) is 0 Å². The van der Waals surface area contributed by atoms with Crippen molar-refractivity contribution < 1.29 is 9.90 Å². The van der Waals surface area contributed by atoms with E-state index in [9.17, 15) is 4.79 Å². The molecule has 2 rings (SSSR count). The number of nitrogens with zero attached hydrogens (tertiary/aromatic N) is 1. The number of carboxylic acid groups (broad SMARTS) is 1. The standard InChI is InChI=1S/C15H12BrClN2O2/c1-9(10-2-4-11(16)5-3-10)18-19-12-6-7-14(17)13(8-12)15(20)21/h2-8,19H,1H3,(H,20,21)/b18-9+. The average molecular weight is 368 g/mol. The van der Waals surface area contributed by atoms with Gasteiger partial charge in [-0.05, 0) is 42.8 Å². The second-order valence-electron chi connectivity index (χ2n) is 4.32. The molecule has 0 fully saturated rings. The molecule has 2 N–H and O–H groups in total. The van der Waals surface area contributed by atoms with Crippen LogP contribution >= 0.6 is 27.5 Å². The van der Waals surface area contributed by atoms with Crippen LogP contribution in [0.25, 0.3) is 0 Å². The van der Waals surface area contributed by atoms with Gasteiger partial charge >= 0.3 is 5.97 Å². The Balaban J connectivity index is 2.18. The summed E-state index contributed by atoms with van der Waals surface area (Å²) in [5.41, 5.74) is 5.19. The van der Waals surface area contributed by atoms with Crippen molar-refractivity contribution in [1.29, 1.82) is 0 Å². The van der Waals surface area contributed by atoms with E-state index in [1.165, 1.54) is 12.1 Å². The molecule has 0 radical (unpaired) electrons. The van der Waals surface area contributed by atoms with Crippen molar-refractivity contribution in [3.63, 3.8) is 0 Å². The Labute approximate surface area is 135 Å². The number of hydrazone groups is 1. The first-order valence-electron chi connectivity index (χ1n) is 6.06. The molecule has 0 aliphatic heterocycles. The van der Waals surface area contributed by atoms with Crippen LogP contribution < -0.4 is 5.43 Å². The summed E-state index contributed by atoms with van der Waals surface area (Å²) < 4.78 is 0.996. The molecular formula is C15H12BrClN2O2. The summed E-state index contributed by atoms with van der Waals surface area (Å²) in [4.78, 5) is 11.0. The first-order valence-corrected chi connectivity index (χ1v) is 7.23. The van der Waals surface area contributed by atoms with Gasteiger partial charge in [-0.25, -0.2) is 4.79 Å². The fraction of sp³-hybridized carbons (Fsp3) is 0.0667. The van der Waals surface area contributed by atoms with Crippen molar-refractivity contribution in [3.05, 3.63) is 63.1 Å². The molecule has 0 saturated carbocycles. The second-order valence-corrected chi connectivity index (χ2v) is 5.64. The molecule has 0 atom stereocenters. The summed E-state index contributed by atoms with van der Waals surface area (Å²) in [7, 11) is 0. The first-order chi connectivity index (χ1) is 9.97. The van der Waals surface area contributed by atoms with Gasteiger partial charge in [0, 0.05) is 4.47 Å². The van der Waals surface area contributed by atoms with Crippen LogP contribution in [0.2, 0.25) is 5.02 Å². The molecule has 0 aliphatic rings. The molecule has 6 heteroatoms. The molecule has 2 aromatic carbocycles. The lowest BCUT2D eigenvalue weighted by Crippen LogP contribution is -2.02. The Hall–Kier alpha value is -1.85. The monoisotopic (exact) mass is 366 g/mol. The van der Waals surface area contributed by atoms with Crippen LogP contribution in [0.1, 0.15) is 22.8 Å². The minimum atomic E-state index is -1.07. The molecule has 0 spiro atoms. The highest BCUT2D eigenvalue weighted by Gasteiger charge is 2.09. The van der Waals surface area contributed by atoms with Gasteiger partial charge in [-0.2, -0.15) is 5.10 Å². The maximum absolute atomic E-state index is 11.0. The quantitative estimate of drug-likeness (QED) is 0.611. The Kier molecular flexibility index (Phi) is 4.98. The lowest BCUT2D eigenvalue weighted by Gasteiger charge is -2.06. The summed E-state index contributed by atoms with van der Waals surface area (Å²) in [5, 5.41) is 13.5. The number of hydrogen-bond donors (Lipinski definition) is 2. The Morgan fingerprint density at radius 1 is 1.24 bits per heavy atom. The van der Waals surface area contributed by atoms with Crippen LogP contribution in [-0.4, -0.2) is 16.8 Å². The third-order valence-electron chi connectivity index (χ3n) is 2.81. The molecule has 108 valence electrons. The lowest BCUT2D eigenvalue weighted by molar-refractivity contribution is 0.0697. The molecule has 4 nitrogen and oxygen atoms in total. The molecule has 0 aromatic heterocycles. The Morgan fingerprint density at radius 3 is 2.52 bits per heavy atom. The molecule has 0 saturated heterocycles. The predicted molar refractivity (Wildman–Crippen MR) is 88.4 cm³/mol. The molecular weight excluding hydrogens is 356 g/mol. The van der Waals surface area contributed by atoms with Gasteiger partial charge in [0.15, 0.2) is 0 Å². The zero-order valence-electron chi connectivity index (χ0n) is 11.1. The van der Waals surface area contributed by atoms with Crippen molar-refractivity contribution in [2.45, 2.75) is 6.92 Å². The molecule has 0 amide bonds. The lowest BCUT2D eigenvalue weighted by atomic mass is 10.1. The van der Waals surface area contributed by atoms with E-state index in [0.29, 0.717) is 5.69 Å². The van der Waals surface area contributed by atoms with E-state index >= 15 is 0 Å². The molecule has 0 heterocycles. The third kappa shape index (κ3) is 4.06. The second kappa shape index (κ2) is 6.74. The van der Waals surface area contributed by atoms with E-state index < -0.39 is 5.97 Å². The number of carboxylic acids is 1. The summed E-state index contributed by atoms with van der Waals surface area (Å²) >= 11 is 9.19. The number of anilines is 1. The van der Waals surface area contributed by atoms with Gasteiger partial charge < -0.3 is 5.11 Å². The van der Waals surface area contributed by atoms with Gasteiger partial charge in [0.05, 0.1) is 22.0 Å². The summed E-state index contributed by atoms with van der Waals surface area (Å²) in [6.45, 7) is 1.87. The minimum absolute atomic E-state index is 0.0400. The van der Waals surface area contributed by atoms with Gasteiger partial charge in [-0.1, -0.05) is 39.7 Å². The van der Waals surface area contributed by atoms with E-state index in [4.69, 9.17) is 16.7 Å². The van der Waals surface area contributed by atoms with E-state index in [-0.39, 0.29) is 10.6 Å². The maximum Gasteiger partial charge on any atom is 0.337 e. The normalized spacial score (nSPS) is 11.3. The highest BCUT2D eigenvalue weighted by Crippen LogP contribution is 2.20. The molecule has 0 unspecified atom stereocenters. The van der Waals surface area contributed by atoms with E-state index in [1.54, 1.807) is 6.07 Å². The van der Waals surface area contributed by atoms with E-state index in [1.807, 2.05) is 31.2 Å². The van der Waals surface area contributed by atoms with Crippen molar-refractivity contribution >= 4 is 44.9 Å². The number of nitrogens with one attached hydrogen (secondary N) is 1. The van der Waals surface area contributed by atoms with E-state index in [2.05, 4.69) is 26.5 Å². The van der Waals surface area contributed by atoms with Crippen molar-refractivity contribution in [1.82, 2.24) is 0 Å². The van der Waals surface area contributed by atoms with Crippen LogP contribution in [-0.2, 0) is 0 Å². The van der Waals surface area contributed by atoms with Crippen molar-refractivity contribution in [2.24, 2.45) is 5.10 Å². The fourth-order valence-electron chi connectivity index (χ4n) is 1.66. The Morgan fingerprint density at radius 2 is 1.90 bits per heavy atom. The number of carbonyl (C=O) groups is 1. The summed E-state index contributed by atoms with van der Waals surface area (Å²) in [5.74, 6) is -1.07. The van der Waals surface area contributed by atoms with Gasteiger partial charge in [-0.3, -0.25) is 5.43 Å². The number of benzene rings is 2. The van der Waals surface area contributed by atoms with Crippen molar-refractivity contribution in [2.75, 3.05) is 5.43 Å². The van der Waals surface area contributed by atoms with E-state index in [0.717, 1.165) is 15.7 Å². The maximum atomic E-state index is 11.0. The Bertz CT molecular complexity index is 699. The first kappa shape index (κ1) is 15.5. The minimum Gasteiger partial charge on any atom is -0.478 e. The highest BCUT2D eigenvalue weighted by atomic mass is 79.9. The predicted octanol–water partition coefficient (Wildman–Crippen LogP) is 4.64. The number of hydrogen-bond acceptors (Lipinski definition) is 3. The smallest absolute Gasteiger partial charge is 0.337 e. The average Bonchev–Trinajstić information content (AvgIpc) is 2.46. The third-order valence-corrected chi connectivity index (χ3v) is 3.67. The molecule has 0 aliphatic carbocycles. The zero-order chi connectivity index (χ0) is 15.4.